The number of nitrogens with two attached hydrogens (primary N) is 2. The molecule has 0 spiro atoms. The Morgan fingerprint density at radius 3 is 2.40 bits per heavy atom. The van der Waals surface area contributed by atoms with E-state index >= 15 is 0 Å². The van der Waals surface area contributed by atoms with Crippen molar-refractivity contribution < 1.29 is 54.4 Å². The Kier molecular flexibility index (Phi) is 11.6. The smallest absolute Gasteiger partial charge is 0.221 e. The van der Waals surface area contributed by atoms with Crippen molar-refractivity contribution in [1.82, 2.24) is 10.6 Å². The average Bonchev–Trinajstić information content (AvgIpc) is 3.07. The average molecular weight is 672 g/mol. The van der Waals surface area contributed by atoms with Gasteiger partial charge in [-0.1, -0.05) is 0 Å². The highest BCUT2D eigenvalue weighted by molar-refractivity contribution is 6.00. The van der Waals surface area contributed by atoms with Crippen LogP contribution in [0.5, 0.6) is 0 Å². The maximum absolute atomic E-state index is 14.5. The highest BCUT2D eigenvalue weighted by atomic mass is 16.8. The van der Waals surface area contributed by atoms with E-state index in [4.69, 9.17) is 25.7 Å². The Labute approximate surface area is 274 Å². The monoisotopic (exact) mass is 671 g/mol. The molecule has 5 rings (SSSR count). The molecule has 268 valence electrons. The van der Waals surface area contributed by atoms with Crippen molar-refractivity contribution in [1.29, 1.82) is 0 Å². The van der Waals surface area contributed by atoms with Crippen molar-refractivity contribution in [3.05, 3.63) is 0 Å². The van der Waals surface area contributed by atoms with E-state index in [0.717, 1.165) is 32.2 Å². The molecular formula is C31H53N5O11. The molecule has 16 nitrogen and oxygen atoms in total. The number of ketones is 2. The van der Waals surface area contributed by atoms with Crippen molar-refractivity contribution in [2.24, 2.45) is 57.9 Å². The second kappa shape index (κ2) is 15.0. The van der Waals surface area contributed by atoms with Crippen LogP contribution in [-0.4, -0.2) is 137 Å². The van der Waals surface area contributed by atoms with Crippen molar-refractivity contribution >= 4 is 17.5 Å². The summed E-state index contributed by atoms with van der Waals surface area (Å²) in [5.74, 6) is -6.56. The molecule has 0 aromatic rings. The molecular weight excluding hydrogens is 618 g/mol. The molecule has 2 heterocycles. The van der Waals surface area contributed by atoms with Crippen LogP contribution in [0.2, 0.25) is 0 Å². The number of guanidine groups is 1. The first-order valence-electron chi connectivity index (χ1n) is 16.8. The highest BCUT2D eigenvalue weighted by Gasteiger charge is 2.61. The summed E-state index contributed by atoms with van der Waals surface area (Å²) in [5.41, 5.74) is 11.9. The number of nitrogens with one attached hydrogen (secondary N) is 2. The molecule has 2 aliphatic heterocycles. The third kappa shape index (κ3) is 7.24. The van der Waals surface area contributed by atoms with E-state index in [1.807, 2.05) is 0 Å². The van der Waals surface area contributed by atoms with Gasteiger partial charge in [-0.2, -0.15) is 0 Å². The van der Waals surface area contributed by atoms with Crippen molar-refractivity contribution in [3.8, 4) is 0 Å². The van der Waals surface area contributed by atoms with Crippen molar-refractivity contribution in [2.75, 3.05) is 33.9 Å². The third-order valence-electron chi connectivity index (χ3n) is 11.5. The number of aliphatic imine (C=N–C) groups is 1. The topological polar surface area (TPSA) is 272 Å². The molecule has 0 aromatic heterocycles. The minimum absolute atomic E-state index is 0.0136. The first-order chi connectivity index (χ1) is 22.3. The number of nitrogens with zero attached hydrogens (tertiary/aromatic N) is 1. The first-order valence-corrected chi connectivity index (χ1v) is 16.8. The van der Waals surface area contributed by atoms with Gasteiger partial charge in [0, 0.05) is 44.9 Å². The molecule has 5 aliphatic rings. The van der Waals surface area contributed by atoms with E-state index in [0.29, 0.717) is 12.3 Å². The quantitative estimate of drug-likeness (QED) is 0.0842. The van der Waals surface area contributed by atoms with E-state index in [1.165, 1.54) is 7.11 Å². The minimum atomic E-state index is -2.65. The predicted octanol–water partition coefficient (Wildman–Crippen LogP) is -3.49. The Bertz CT molecular complexity index is 1140. The number of methoxy groups -OCH3 is 1. The number of fused-ring (bicyclic) bond motifs is 2. The molecule has 3 aliphatic carbocycles. The van der Waals surface area contributed by atoms with Crippen molar-refractivity contribution in [2.45, 2.75) is 99.8 Å². The van der Waals surface area contributed by atoms with Gasteiger partial charge in [-0.15, -0.1) is 0 Å². The van der Waals surface area contributed by atoms with E-state index < -0.39 is 84.9 Å². The van der Waals surface area contributed by atoms with E-state index in [9.17, 15) is 40.2 Å². The molecule has 2 saturated heterocycles. The zero-order chi connectivity index (χ0) is 34.2. The lowest BCUT2D eigenvalue weighted by Gasteiger charge is -2.53. The van der Waals surface area contributed by atoms with Crippen LogP contribution in [0.3, 0.4) is 0 Å². The molecule has 5 fully saturated rings. The molecule has 47 heavy (non-hydrogen) atoms. The summed E-state index contributed by atoms with van der Waals surface area (Å²) in [6.45, 7) is -0.0561. The highest BCUT2D eigenvalue weighted by Crippen LogP contribution is 2.51. The fourth-order valence-corrected chi connectivity index (χ4v) is 8.71. The zero-order valence-electron chi connectivity index (χ0n) is 27.1. The Hall–Kier alpha value is -1.83. The number of Topliss-reactive ketones (excluding diaryl/α,β-unsaturated/α-hetero) is 2. The lowest BCUT2D eigenvalue weighted by molar-refractivity contribution is -0.405. The van der Waals surface area contributed by atoms with Gasteiger partial charge in [-0.05, 0) is 56.9 Å². The third-order valence-corrected chi connectivity index (χ3v) is 11.5. The van der Waals surface area contributed by atoms with Gasteiger partial charge in [-0.3, -0.25) is 14.6 Å². The maximum atomic E-state index is 14.5. The van der Waals surface area contributed by atoms with Gasteiger partial charge < -0.3 is 67.0 Å². The number of aliphatic hydroxyl groups excluding tert-OH is 5. The molecule has 16 atom stereocenters. The first kappa shape index (κ1) is 36.5. The lowest BCUT2D eigenvalue weighted by atomic mass is 9.53. The number of hydrogen-bond acceptors (Lipinski definition) is 14. The second-order valence-corrected chi connectivity index (χ2v) is 14.2. The Morgan fingerprint density at radius 2 is 1.77 bits per heavy atom. The number of piperidine rings is 1. The van der Waals surface area contributed by atoms with Gasteiger partial charge in [0.15, 0.2) is 12.2 Å². The number of aliphatic hydroxyl groups is 6. The van der Waals surface area contributed by atoms with Gasteiger partial charge in [0.05, 0.1) is 42.9 Å². The number of carbonyl (C=O) groups is 2. The van der Waals surface area contributed by atoms with E-state index in [2.05, 4.69) is 15.6 Å². The van der Waals surface area contributed by atoms with Crippen LogP contribution in [0, 0.1) is 41.4 Å². The summed E-state index contributed by atoms with van der Waals surface area (Å²) in [7, 11) is 3.02. The molecule has 12 N–H and O–H groups in total. The molecule has 0 bridgehead atoms. The largest absolute Gasteiger partial charge is 0.392 e. The van der Waals surface area contributed by atoms with Crippen LogP contribution >= 0.6 is 0 Å². The van der Waals surface area contributed by atoms with E-state index in [1.54, 1.807) is 7.05 Å². The summed E-state index contributed by atoms with van der Waals surface area (Å²) >= 11 is 0. The molecule has 16 heteroatoms. The maximum Gasteiger partial charge on any atom is 0.221 e. The minimum Gasteiger partial charge on any atom is -0.392 e. The van der Waals surface area contributed by atoms with Crippen molar-refractivity contribution in [3.63, 3.8) is 0 Å². The summed E-state index contributed by atoms with van der Waals surface area (Å²) in [6.07, 6.45) is -6.06. The van der Waals surface area contributed by atoms with Gasteiger partial charge in [0.1, 0.15) is 29.9 Å². The standard InChI is InChI=1S/C31H53N5O11/c1-34-30(33)36-11-18-14(5-3-13-4-6-20(32)35-10-13)7-16-22(24(18)39)25(40)21-17(23(16)38)8-15(45-2)9-19(21)46-29-27(42)26(41)28(43)31(44,12-37)47-29/h13-22,24,26-29,35,37,39,41-44H,3-12,32H2,1-2H3,(H3,33,34,36)/t13?,14?,15?,16?,17?,18?,19?,20?,21?,22?,24?,26-,27-,28+,29+,31-/m1/s1. The summed E-state index contributed by atoms with van der Waals surface area (Å²) < 4.78 is 17.0. The Balaban J connectivity index is 1.39. The van der Waals surface area contributed by atoms with Crippen LogP contribution in [0.4, 0.5) is 0 Å². The number of rotatable bonds is 9. The van der Waals surface area contributed by atoms with E-state index in [-0.39, 0.29) is 49.0 Å². The second-order valence-electron chi connectivity index (χ2n) is 14.2. The molecule has 0 radical (unpaired) electrons. The zero-order valence-corrected chi connectivity index (χ0v) is 27.1. The predicted molar refractivity (Wildman–Crippen MR) is 165 cm³/mol. The van der Waals surface area contributed by atoms with Crippen LogP contribution in [0.25, 0.3) is 0 Å². The Morgan fingerprint density at radius 1 is 1.04 bits per heavy atom. The van der Waals surface area contributed by atoms with Gasteiger partial charge in [0.2, 0.25) is 5.79 Å². The van der Waals surface area contributed by atoms with Gasteiger partial charge in [0.25, 0.3) is 0 Å². The van der Waals surface area contributed by atoms with Crippen LogP contribution < -0.4 is 22.1 Å². The van der Waals surface area contributed by atoms with Crippen LogP contribution in [-0.2, 0) is 23.8 Å². The number of ether oxygens (including phenoxy) is 3. The SMILES string of the molecule is CN=C(N)NCC1C(CCC2CCC(N)NC2)CC2C(=O)C3CC(OC)CC(O[C@H]4O[C@](O)(CO)[C@@H](O)[C@H](O)[C@H]4O)C3C(=O)C2C1O. The van der Waals surface area contributed by atoms with Crippen LogP contribution in [0.15, 0.2) is 4.99 Å². The molecule has 0 amide bonds. The summed E-state index contributed by atoms with van der Waals surface area (Å²) in [4.78, 5) is 32.7. The lowest BCUT2D eigenvalue weighted by Crippen LogP contribution is -2.68. The van der Waals surface area contributed by atoms with Crippen LogP contribution in [0.1, 0.15) is 44.9 Å². The fraction of sp³-hybridized carbons (Fsp3) is 0.903. The number of carbonyl (C=O) groups excluding carboxylic acids is 2. The fourth-order valence-electron chi connectivity index (χ4n) is 8.71. The molecule has 0 aromatic carbocycles. The summed E-state index contributed by atoms with van der Waals surface area (Å²) in [6, 6.07) is 0. The van der Waals surface area contributed by atoms with Gasteiger partial charge >= 0.3 is 0 Å². The summed E-state index contributed by atoms with van der Waals surface area (Å²) in [5, 5.41) is 69.7. The molecule has 11 unspecified atom stereocenters. The number of hydrogen-bond donors (Lipinski definition) is 10. The van der Waals surface area contributed by atoms with Gasteiger partial charge in [-0.25, -0.2) is 0 Å². The molecule has 3 saturated carbocycles. The normalized spacial score (nSPS) is 47.7.